The van der Waals surface area contributed by atoms with Crippen LogP contribution in [-0.2, 0) is 13.2 Å². The van der Waals surface area contributed by atoms with E-state index in [0.29, 0.717) is 12.5 Å². The number of likely N-dealkylation sites (tertiary alicyclic amines) is 1. The van der Waals surface area contributed by atoms with Gasteiger partial charge in [0.2, 0.25) is 0 Å². The Morgan fingerprint density at radius 3 is 2.48 bits per heavy atom. The zero-order valence-corrected chi connectivity index (χ0v) is 13.7. The zero-order valence-electron chi connectivity index (χ0n) is 13.7. The Kier molecular flexibility index (Phi) is 5.33. The van der Waals surface area contributed by atoms with E-state index in [4.69, 9.17) is 0 Å². The summed E-state index contributed by atoms with van der Waals surface area (Å²) in [7, 11) is 1.37. The first-order valence-electron chi connectivity index (χ1n) is 7.83. The number of carbonyl (C=O) groups is 1. The zero-order chi connectivity index (χ0) is 17.2. The molecule has 0 aliphatic carbocycles. The quantitative estimate of drug-likeness (QED) is 0.900. The third kappa shape index (κ3) is 4.25. The first-order chi connectivity index (χ1) is 10.7. The second-order valence-corrected chi connectivity index (χ2v) is 6.33. The summed E-state index contributed by atoms with van der Waals surface area (Å²) < 4.78 is 39.8. The molecule has 23 heavy (non-hydrogen) atoms. The smallest absolute Gasteiger partial charge is 0.350 e. The van der Waals surface area contributed by atoms with Gasteiger partial charge in [-0.15, -0.1) is 0 Å². The van der Waals surface area contributed by atoms with Gasteiger partial charge in [0.15, 0.2) is 5.69 Å². The number of rotatable bonds is 5. The predicted octanol–water partition coefficient (Wildman–Crippen LogP) is 2.29. The van der Waals surface area contributed by atoms with Crippen molar-refractivity contribution in [3.63, 3.8) is 0 Å². The summed E-state index contributed by atoms with van der Waals surface area (Å²) in [6.07, 6.45) is -1.28. The van der Waals surface area contributed by atoms with Crippen molar-refractivity contribution >= 4 is 5.91 Å². The van der Waals surface area contributed by atoms with Gasteiger partial charge in [-0.1, -0.05) is 13.8 Å². The summed E-state index contributed by atoms with van der Waals surface area (Å²) in [5.74, 6) is -0.417. The molecular formula is C15H23F3N4O. The number of hydrogen-bond acceptors (Lipinski definition) is 3. The minimum absolute atomic E-state index is 0.132. The van der Waals surface area contributed by atoms with Crippen molar-refractivity contribution in [2.75, 3.05) is 19.6 Å². The molecule has 5 nitrogen and oxygen atoms in total. The van der Waals surface area contributed by atoms with Gasteiger partial charge < -0.3 is 5.32 Å². The van der Waals surface area contributed by atoms with Gasteiger partial charge in [-0.05, 0) is 31.8 Å². The Morgan fingerprint density at radius 1 is 1.35 bits per heavy atom. The molecule has 1 fully saturated rings. The van der Waals surface area contributed by atoms with Gasteiger partial charge in [0, 0.05) is 25.8 Å². The monoisotopic (exact) mass is 332 g/mol. The van der Waals surface area contributed by atoms with Gasteiger partial charge >= 0.3 is 6.18 Å². The van der Waals surface area contributed by atoms with E-state index in [9.17, 15) is 18.0 Å². The number of nitrogens with zero attached hydrogens (tertiary/aromatic N) is 3. The van der Waals surface area contributed by atoms with Crippen LogP contribution in [0.1, 0.15) is 42.7 Å². The average molecular weight is 332 g/mol. The van der Waals surface area contributed by atoms with Gasteiger partial charge in [-0.2, -0.15) is 18.3 Å². The molecule has 2 heterocycles. The van der Waals surface area contributed by atoms with Gasteiger partial charge in [0.25, 0.3) is 5.91 Å². The van der Waals surface area contributed by atoms with Crippen LogP contribution in [-0.4, -0.2) is 46.3 Å². The first kappa shape index (κ1) is 17.8. The van der Waals surface area contributed by atoms with Crippen molar-refractivity contribution in [3.05, 3.63) is 17.5 Å². The molecule has 0 unspecified atom stereocenters. The van der Waals surface area contributed by atoms with Crippen molar-refractivity contribution < 1.29 is 18.0 Å². The minimum Gasteiger partial charge on any atom is -0.350 e. The molecule has 8 heteroatoms. The highest BCUT2D eigenvalue weighted by molar-refractivity contribution is 5.95. The lowest BCUT2D eigenvalue weighted by Gasteiger charge is -2.31. The third-order valence-electron chi connectivity index (χ3n) is 4.19. The van der Waals surface area contributed by atoms with E-state index in [0.717, 1.165) is 36.8 Å². The van der Waals surface area contributed by atoms with Crippen molar-refractivity contribution in [3.8, 4) is 0 Å². The van der Waals surface area contributed by atoms with Crippen LogP contribution in [0.2, 0.25) is 0 Å². The molecule has 2 rings (SSSR count). The highest BCUT2D eigenvalue weighted by Crippen LogP contribution is 2.30. The molecule has 1 aromatic rings. The lowest BCUT2D eigenvalue weighted by Crippen LogP contribution is -2.45. The highest BCUT2D eigenvalue weighted by atomic mass is 19.4. The summed E-state index contributed by atoms with van der Waals surface area (Å²) in [4.78, 5) is 14.5. The van der Waals surface area contributed by atoms with Crippen LogP contribution in [0.25, 0.3) is 0 Å². The van der Waals surface area contributed by atoms with E-state index in [-0.39, 0.29) is 6.04 Å². The number of aryl methyl sites for hydroxylation is 1. The molecule has 0 spiro atoms. The van der Waals surface area contributed by atoms with Crippen LogP contribution in [0, 0.1) is 5.92 Å². The maximum absolute atomic E-state index is 12.9. The number of amides is 1. The molecule has 0 radical (unpaired) electrons. The fraction of sp³-hybridized carbons (Fsp3) is 0.733. The molecule has 0 aromatic carbocycles. The Bertz CT molecular complexity index is 547. The van der Waals surface area contributed by atoms with Crippen LogP contribution < -0.4 is 5.32 Å². The van der Waals surface area contributed by atoms with Crippen LogP contribution in [0.3, 0.4) is 0 Å². The van der Waals surface area contributed by atoms with E-state index in [1.54, 1.807) is 0 Å². The predicted molar refractivity (Wildman–Crippen MR) is 80.0 cm³/mol. The minimum atomic E-state index is -4.64. The standard InChI is InChI=1S/C15H23F3N4O/c1-10(2)12(22-6-4-5-7-22)8-19-14(23)11-9-21(3)20-13(11)15(16,17)18/h9-10,12H,4-8H2,1-3H3,(H,19,23)/t12-/m1/s1. The molecule has 1 N–H and O–H groups in total. The summed E-state index contributed by atoms with van der Waals surface area (Å²) in [6, 6.07) is 0.132. The Morgan fingerprint density at radius 2 is 1.96 bits per heavy atom. The van der Waals surface area contributed by atoms with Gasteiger partial charge in [0.1, 0.15) is 0 Å². The Balaban J connectivity index is 2.07. The molecule has 1 saturated heterocycles. The summed E-state index contributed by atoms with van der Waals surface area (Å²) >= 11 is 0. The van der Waals surface area contributed by atoms with Crippen molar-refractivity contribution in [2.24, 2.45) is 13.0 Å². The fourth-order valence-electron chi connectivity index (χ4n) is 3.02. The summed E-state index contributed by atoms with van der Waals surface area (Å²) in [6.45, 7) is 6.39. The SMILES string of the molecule is CC(C)[C@@H](CNC(=O)c1cn(C)nc1C(F)(F)F)N1CCCC1. The average Bonchev–Trinajstić information content (AvgIpc) is 3.07. The molecular weight excluding hydrogens is 309 g/mol. The molecule has 0 bridgehead atoms. The summed E-state index contributed by atoms with van der Waals surface area (Å²) in [5, 5.41) is 6.01. The lowest BCUT2D eigenvalue weighted by molar-refractivity contribution is -0.141. The van der Waals surface area contributed by atoms with Crippen molar-refractivity contribution in [2.45, 2.75) is 38.9 Å². The number of hydrogen-bond donors (Lipinski definition) is 1. The van der Waals surface area contributed by atoms with E-state index in [1.807, 2.05) is 0 Å². The van der Waals surface area contributed by atoms with Crippen LogP contribution in [0.5, 0.6) is 0 Å². The maximum atomic E-state index is 12.9. The maximum Gasteiger partial charge on any atom is 0.435 e. The second-order valence-electron chi connectivity index (χ2n) is 6.33. The number of carbonyl (C=O) groups excluding carboxylic acids is 1. The third-order valence-corrected chi connectivity index (χ3v) is 4.19. The molecule has 130 valence electrons. The topological polar surface area (TPSA) is 50.2 Å². The van der Waals surface area contributed by atoms with E-state index < -0.39 is 23.3 Å². The van der Waals surface area contributed by atoms with E-state index in [2.05, 4.69) is 29.2 Å². The number of alkyl halides is 3. The normalized spacial score (nSPS) is 17.7. The molecule has 1 aliphatic heterocycles. The largest absolute Gasteiger partial charge is 0.435 e. The first-order valence-corrected chi connectivity index (χ1v) is 7.83. The van der Waals surface area contributed by atoms with Gasteiger partial charge in [-0.3, -0.25) is 14.4 Å². The van der Waals surface area contributed by atoms with Crippen molar-refractivity contribution in [1.29, 1.82) is 0 Å². The number of aromatic nitrogens is 2. The molecule has 1 aliphatic rings. The van der Waals surface area contributed by atoms with Gasteiger partial charge in [-0.25, -0.2) is 0 Å². The Hall–Kier alpha value is -1.57. The molecule has 1 amide bonds. The summed E-state index contributed by atoms with van der Waals surface area (Å²) in [5.41, 5.74) is -1.57. The fourth-order valence-corrected chi connectivity index (χ4v) is 3.02. The van der Waals surface area contributed by atoms with Crippen LogP contribution in [0.4, 0.5) is 13.2 Å². The Labute approximate surface area is 133 Å². The lowest BCUT2D eigenvalue weighted by atomic mass is 10.0. The molecule has 1 atom stereocenters. The van der Waals surface area contributed by atoms with Crippen LogP contribution >= 0.6 is 0 Å². The number of nitrogens with one attached hydrogen (secondary N) is 1. The molecule has 0 saturated carbocycles. The van der Waals surface area contributed by atoms with E-state index >= 15 is 0 Å². The molecule has 1 aromatic heterocycles. The van der Waals surface area contributed by atoms with Crippen molar-refractivity contribution in [1.82, 2.24) is 20.0 Å². The second kappa shape index (κ2) is 6.90. The highest BCUT2D eigenvalue weighted by Gasteiger charge is 2.39. The number of halogens is 3. The van der Waals surface area contributed by atoms with E-state index in [1.165, 1.54) is 7.05 Å². The van der Waals surface area contributed by atoms with Gasteiger partial charge in [0.05, 0.1) is 5.56 Å². The van der Waals surface area contributed by atoms with Crippen LogP contribution in [0.15, 0.2) is 6.20 Å².